The highest BCUT2D eigenvalue weighted by molar-refractivity contribution is 5.80. The first-order chi connectivity index (χ1) is 13.5. The van der Waals surface area contributed by atoms with Gasteiger partial charge < -0.3 is 19.1 Å². The van der Waals surface area contributed by atoms with Crippen molar-refractivity contribution in [3.63, 3.8) is 0 Å². The lowest BCUT2D eigenvalue weighted by Crippen LogP contribution is -2.51. The molecule has 2 saturated heterocycles. The number of furan rings is 1. The Bertz CT molecular complexity index is 700. The van der Waals surface area contributed by atoms with Crippen LogP contribution in [0.2, 0.25) is 0 Å². The molecule has 1 saturated carbocycles. The largest absolute Gasteiger partial charge is 0.466 e. The van der Waals surface area contributed by atoms with Crippen LogP contribution in [0.15, 0.2) is 16.5 Å². The number of carbonyl (C=O) groups is 2. The topological polar surface area (TPSA) is 57.0 Å². The second-order valence-electron chi connectivity index (χ2n) is 8.91. The van der Waals surface area contributed by atoms with Crippen molar-refractivity contribution in [2.75, 3.05) is 46.3 Å². The van der Waals surface area contributed by atoms with Gasteiger partial charge in [0.2, 0.25) is 11.8 Å². The van der Waals surface area contributed by atoms with E-state index in [0.717, 1.165) is 56.5 Å². The van der Waals surface area contributed by atoms with Crippen LogP contribution >= 0.6 is 0 Å². The zero-order valence-corrected chi connectivity index (χ0v) is 17.2. The van der Waals surface area contributed by atoms with E-state index in [0.29, 0.717) is 31.8 Å². The molecule has 0 bridgehead atoms. The Labute approximate surface area is 167 Å². The van der Waals surface area contributed by atoms with Gasteiger partial charge in [-0.05, 0) is 44.4 Å². The predicted molar refractivity (Wildman–Crippen MR) is 107 cm³/mol. The molecule has 1 aromatic heterocycles. The maximum Gasteiger partial charge on any atom is 0.225 e. The summed E-state index contributed by atoms with van der Waals surface area (Å²) in [4.78, 5) is 31.5. The van der Waals surface area contributed by atoms with Crippen molar-refractivity contribution < 1.29 is 14.0 Å². The molecule has 0 aromatic carbocycles. The summed E-state index contributed by atoms with van der Waals surface area (Å²) >= 11 is 0. The number of hydrogen-bond donors (Lipinski definition) is 0. The van der Waals surface area contributed by atoms with Gasteiger partial charge in [-0.1, -0.05) is 6.92 Å². The van der Waals surface area contributed by atoms with E-state index >= 15 is 0 Å². The van der Waals surface area contributed by atoms with Gasteiger partial charge in [-0.3, -0.25) is 9.59 Å². The van der Waals surface area contributed by atoms with Crippen LogP contribution in [-0.2, 0) is 16.0 Å². The SMILES string of the molecule is C[C@H]1C[C@H]1c1ccc(CCC(=O)N2CCC(C(=O)N3CCN(C)CC3)CC2)o1. The minimum absolute atomic E-state index is 0.0839. The molecule has 6 nitrogen and oxygen atoms in total. The smallest absolute Gasteiger partial charge is 0.225 e. The molecule has 2 amide bonds. The second-order valence-corrected chi connectivity index (χ2v) is 8.91. The second kappa shape index (κ2) is 8.27. The molecular formula is C22H33N3O3. The van der Waals surface area contributed by atoms with Gasteiger partial charge in [0.15, 0.2) is 0 Å². The molecule has 0 N–H and O–H groups in total. The summed E-state index contributed by atoms with van der Waals surface area (Å²) in [6.07, 6.45) is 3.96. The Morgan fingerprint density at radius 1 is 1.04 bits per heavy atom. The molecule has 0 unspecified atom stereocenters. The quantitative estimate of drug-likeness (QED) is 0.778. The summed E-state index contributed by atoms with van der Waals surface area (Å²) in [7, 11) is 2.10. The number of piperidine rings is 1. The van der Waals surface area contributed by atoms with Crippen LogP contribution in [0.1, 0.15) is 50.0 Å². The lowest BCUT2D eigenvalue weighted by Gasteiger charge is -2.37. The van der Waals surface area contributed by atoms with Gasteiger partial charge in [0.1, 0.15) is 11.5 Å². The number of carbonyl (C=O) groups excluding carboxylic acids is 2. The highest BCUT2D eigenvalue weighted by Gasteiger charge is 2.36. The van der Waals surface area contributed by atoms with Crippen LogP contribution in [-0.4, -0.2) is 72.8 Å². The fourth-order valence-corrected chi connectivity index (χ4v) is 4.50. The molecule has 1 aromatic rings. The number of likely N-dealkylation sites (tertiary alicyclic amines) is 1. The van der Waals surface area contributed by atoms with Crippen molar-refractivity contribution in [3.05, 3.63) is 23.7 Å². The van der Waals surface area contributed by atoms with E-state index < -0.39 is 0 Å². The summed E-state index contributed by atoms with van der Waals surface area (Å²) in [6.45, 7) is 7.22. The van der Waals surface area contributed by atoms with Gasteiger partial charge in [0.25, 0.3) is 0 Å². The molecule has 154 valence electrons. The van der Waals surface area contributed by atoms with Crippen LogP contribution in [0, 0.1) is 11.8 Å². The van der Waals surface area contributed by atoms with Crippen LogP contribution in [0.5, 0.6) is 0 Å². The minimum atomic E-state index is 0.0839. The van der Waals surface area contributed by atoms with Crippen molar-refractivity contribution in [1.82, 2.24) is 14.7 Å². The van der Waals surface area contributed by atoms with E-state index in [1.165, 1.54) is 6.42 Å². The lowest BCUT2D eigenvalue weighted by atomic mass is 9.94. The molecular weight excluding hydrogens is 354 g/mol. The first kappa shape index (κ1) is 19.5. The molecule has 3 heterocycles. The third-order valence-corrected chi connectivity index (χ3v) is 6.75. The Morgan fingerprint density at radius 3 is 2.36 bits per heavy atom. The average molecular weight is 388 g/mol. The van der Waals surface area contributed by atoms with Crippen molar-refractivity contribution in [3.8, 4) is 0 Å². The van der Waals surface area contributed by atoms with Crippen LogP contribution < -0.4 is 0 Å². The number of rotatable bonds is 5. The number of hydrogen-bond acceptors (Lipinski definition) is 4. The number of piperazine rings is 1. The maximum absolute atomic E-state index is 12.7. The molecule has 4 rings (SSSR count). The van der Waals surface area contributed by atoms with Gasteiger partial charge in [0, 0.05) is 63.9 Å². The monoisotopic (exact) mass is 387 g/mol. The predicted octanol–water partition coefficient (Wildman–Crippen LogP) is 2.35. The zero-order valence-electron chi connectivity index (χ0n) is 17.2. The third kappa shape index (κ3) is 4.43. The van der Waals surface area contributed by atoms with E-state index in [9.17, 15) is 9.59 Å². The van der Waals surface area contributed by atoms with Crippen LogP contribution in [0.4, 0.5) is 0 Å². The molecule has 2 atom stereocenters. The van der Waals surface area contributed by atoms with Gasteiger partial charge in [-0.15, -0.1) is 0 Å². The highest BCUT2D eigenvalue weighted by atomic mass is 16.3. The van der Waals surface area contributed by atoms with E-state index in [1.807, 2.05) is 15.9 Å². The Kier molecular flexibility index (Phi) is 5.76. The fourth-order valence-electron chi connectivity index (χ4n) is 4.50. The maximum atomic E-state index is 12.7. The summed E-state index contributed by atoms with van der Waals surface area (Å²) in [5.74, 6) is 3.87. The van der Waals surface area contributed by atoms with Crippen LogP contribution in [0.3, 0.4) is 0 Å². The normalized spacial score (nSPS) is 26.5. The molecule has 6 heteroatoms. The lowest BCUT2D eigenvalue weighted by molar-refractivity contribution is -0.141. The number of aryl methyl sites for hydroxylation is 1. The molecule has 0 radical (unpaired) electrons. The van der Waals surface area contributed by atoms with E-state index in [-0.39, 0.29) is 17.7 Å². The fraction of sp³-hybridized carbons (Fsp3) is 0.727. The molecule has 2 aliphatic heterocycles. The summed E-state index contributed by atoms with van der Waals surface area (Å²) in [6, 6.07) is 4.10. The van der Waals surface area contributed by atoms with Crippen molar-refractivity contribution in [2.45, 2.75) is 44.9 Å². The van der Waals surface area contributed by atoms with Gasteiger partial charge in [-0.2, -0.15) is 0 Å². The van der Waals surface area contributed by atoms with Gasteiger partial charge >= 0.3 is 0 Å². The first-order valence-corrected chi connectivity index (χ1v) is 10.8. The number of nitrogens with zero attached hydrogens (tertiary/aromatic N) is 3. The average Bonchev–Trinajstić information content (AvgIpc) is 3.26. The van der Waals surface area contributed by atoms with E-state index in [2.05, 4.69) is 24.9 Å². The standard InChI is InChI=1S/C22H33N3O3/c1-16-15-19(16)20-5-3-18(28-20)4-6-21(26)24-9-7-17(8-10-24)22(27)25-13-11-23(2)12-14-25/h3,5,16-17,19H,4,6-15H2,1-2H3/t16-,19+/m0/s1. The molecule has 1 aliphatic carbocycles. The van der Waals surface area contributed by atoms with Crippen molar-refractivity contribution in [1.29, 1.82) is 0 Å². The molecule has 28 heavy (non-hydrogen) atoms. The van der Waals surface area contributed by atoms with E-state index in [4.69, 9.17) is 4.42 Å². The van der Waals surface area contributed by atoms with Crippen LogP contribution in [0.25, 0.3) is 0 Å². The van der Waals surface area contributed by atoms with E-state index in [1.54, 1.807) is 0 Å². The van der Waals surface area contributed by atoms with Crippen molar-refractivity contribution >= 4 is 11.8 Å². The third-order valence-electron chi connectivity index (χ3n) is 6.75. The van der Waals surface area contributed by atoms with Gasteiger partial charge in [0.05, 0.1) is 0 Å². The van der Waals surface area contributed by atoms with Crippen molar-refractivity contribution in [2.24, 2.45) is 11.8 Å². The first-order valence-electron chi connectivity index (χ1n) is 10.8. The highest BCUT2D eigenvalue weighted by Crippen LogP contribution is 2.47. The van der Waals surface area contributed by atoms with Gasteiger partial charge in [-0.25, -0.2) is 0 Å². The molecule has 0 spiro atoms. The summed E-state index contributed by atoms with van der Waals surface area (Å²) in [5.41, 5.74) is 0. The molecule has 3 aliphatic rings. The number of amides is 2. The Morgan fingerprint density at radius 2 is 1.71 bits per heavy atom. The minimum Gasteiger partial charge on any atom is -0.466 e. The summed E-state index contributed by atoms with van der Waals surface area (Å²) in [5, 5.41) is 0. The number of likely N-dealkylation sites (N-methyl/N-ethyl adjacent to an activating group) is 1. The Balaban J connectivity index is 1.19. The zero-order chi connectivity index (χ0) is 19.7. The molecule has 3 fully saturated rings. The Hall–Kier alpha value is -1.82. The summed E-state index contributed by atoms with van der Waals surface area (Å²) < 4.78 is 5.91.